The Balaban J connectivity index is 2.16. The first-order valence-corrected chi connectivity index (χ1v) is 6.13. The summed E-state index contributed by atoms with van der Waals surface area (Å²) in [7, 11) is 0. The van der Waals surface area contributed by atoms with Crippen LogP contribution < -0.4 is 10.9 Å². The van der Waals surface area contributed by atoms with Crippen LogP contribution in [0.1, 0.15) is 11.1 Å². The zero-order valence-corrected chi connectivity index (χ0v) is 11.4. The van der Waals surface area contributed by atoms with Crippen LogP contribution in [0.4, 0.5) is 5.82 Å². The molecule has 88 valence electrons. The molecule has 0 saturated carbocycles. The molecule has 0 atom stereocenters. The van der Waals surface area contributed by atoms with Gasteiger partial charge in [0.1, 0.15) is 9.39 Å². The van der Waals surface area contributed by atoms with Crippen LogP contribution in [-0.2, 0) is 6.54 Å². The highest BCUT2D eigenvalue weighted by Gasteiger charge is 2.05. The van der Waals surface area contributed by atoms with E-state index in [1.54, 1.807) is 6.20 Å². The van der Waals surface area contributed by atoms with Gasteiger partial charge in [0, 0.05) is 18.9 Å². The predicted molar refractivity (Wildman–Crippen MR) is 73.9 cm³/mol. The van der Waals surface area contributed by atoms with Crippen LogP contribution in [-0.4, -0.2) is 15.0 Å². The maximum atomic E-state index is 11.4. The molecular formula is C11H11IN4O. The lowest BCUT2D eigenvalue weighted by molar-refractivity contribution is 1.03. The summed E-state index contributed by atoms with van der Waals surface area (Å²) in [4.78, 5) is 22.0. The summed E-state index contributed by atoms with van der Waals surface area (Å²) in [6.45, 7) is 2.63. The highest BCUT2D eigenvalue weighted by Crippen LogP contribution is 2.12. The first kappa shape index (κ1) is 12.0. The highest BCUT2D eigenvalue weighted by molar-refractivity contribution is 14.1. The molecule has 6 heteroatoms. The van der Waals surface area contributed by atoms with Crippen molar-refractivity contribution in [3.05, 3.63) is 49.8 Å². The van der Waals surface area contributed by atoms with Crippen LogP contribution in [0, 0.1) is 10.5 Å². The third-order valence-corrected chi connectivity index (χ3v) is 3.38. The zero-order valence-electron chi connectivity index (χ0n) is 9.20. The second kappa shape index (κ2) is 5.26. The SMILES string of the molecule is Cc1cnccc1CNc1nc[nH]c(=O)c1I. The standard InChI is InChI=1S/C11H11IN4O/c1-7-4-13-3-2-8(7)5-14-10-9(12)11(17)16-6-15-10/h2-4,6H,5H2,1H3,(H2,14,15,16,17). The van der Waals surface area contributed by atoms with Gasteiger partial charge in [-0.05, 0) is 46.7 Å². The third kappa shape index (κ3) is 2.82. The van der Waals surface area contributed by atoms with Gasteiger partial charge in [0.2, 0.25) is 0 Å². The van der Waals surface area contributed by atoms with Crippen LogP contribution >= 0.6 is 22.6 Å². The summed E-state index contributed by atoms with van der Waals surface area (Å²) in [5.74, 6) is 0.602. The molecule has 0 bridgehead atoms. The van der Waals surface area contributed by atoms with Gasteiger partial charge in [-0.3, -0.25) is 9.78 Å². The second-order valence-electron chi connectivity index (χ2n) is 3.55. The van der Waals surface area contributed by atoms with Crippen molar-refractivity contribution in [2.24, 2.45) is 0 Å². The van der Waals surface area contributed by atoms with Crippen molar-refractivity contribution in [3.8, 4) is 0 Å². The fourth-order valence-corrected chi connectivity index (χ4v) is 1.87. The van der Waals surface area contributed by atoms with Gasteiger partial charge in [-0.1, -0.05) is 0 Å². The summed E-state index contributed by atoms with van der Waals surface area (Å²) in [5.41, 5.74) is 2.12. The maximum absolute atomic E-state index is 11.4. The molecular weight excluding hydrogens is 331 g/mol. The Kier molecular flexibility index (Phi) is 3.72. The Morgan fingerprint density at radius 2 is 2.35 bits per heavy atom. The number of aryl methyl sites for hydroxylation is 1. The lowest BCUT2D eigenvalue weighted by Crippen LogP contribution is -2.14. The molecule has 0 amide bonds. The van der Waals surface area contributed by atoms with E-state index < -0.39 is 0 Å². The third-order valence-electron chi connectivity index (χ3n) is 2.38. The molecule has 2 aromatic heterocycles. The van der Waals surface area contributed by atoms with E-state index in [-0.39, 0.29) is 5.56 Å². The molecule has 2 aromatic rings. The van der Waals surface area contributed by atoms with Crippen molar-refractivity contribution in [1.29, 1.82) is 0 Å². The zero-order chi connectivity index (χ0) is 12.3. The average molecular weight is 342 g/mol. The van der Waals surface area contributed by atoms with E-state index in [0.717, 1.165) is 11.1 Å². The molecule has 0 saturated heterocycles. The molecule has 0 spiro atoms. The molecule has 0 aromatic carbocycles. The fraction of sp³-hybridized carbons (Fsp3) is 0.182. The van der Waals surface area contributed by atoms with Gasteiger partial charge >= 0.3 is 0 Å². The number of nitrogens with zero attached hydrogens (tertiary/aromatic N) is 2. The molecule has 17 heavy (non-hydrogen) atoms. The molecule has 2 rings (SSSR count). The number of halogens is 1. The van der Waals surface area contributed by atoms with Crippen LogP contribution in [0.3, 0.4) is 0 Å². The Morgan fingerprint density at radius 3 is 3.12 bits per heavy atom. The largest absolute Gasteiger partial charge is 0.365 e. The van der Waals surface area contributed by atoms with Crippen molar-refractivity contribution >= 4 is 28.4 Å². The van der Waals surface area contributed by atoms with E-state index in [1.165, 1.54) is 6.33 Å². The second-order valence-corrected chi connectivity index (χ2v) is 4.63. The van der Waals surface area contributed by atoms with Crippen LogP contribution in [0.25, 0.3) is 0 Å². The Labute approximate surface area is 112 Å². The van der Waals surface area contributed by atoms with Crippen molar-refractivity contribution in [2.45, 2.75) is 13.5 Å². The van der Waals surface area contributed by atoms with Gasteiger partial charge in [0.25, 0.3) is 5.56 Å². The first-order chi connectivity index (χ1) is 8.18. The molecule has 0 aliphatic rings. The quantitative estimate of drug-likeness (QED) is 0.833. The number of nitrogens with one attached hydrogen (secondary N) is 2. The smallest absolute Gasteiger partial charge is 0.266 e. The van der Waals surface area contributed by atoms with Crippen molar-refractivity contribution in [2.75, 3.05) is 5.32 Å². The molecule has 0 fully saturated rings. The van der Waals surface area contributed by atoms with Gasteiger partial charge in [-0.25, -0.2) is 4.98 Å². The fourth-order valence-electron chi connectivity index (χ4n) is 1.39. The van der Waals surface area contributed by atoms with E-state index >= 15 is 0 Å². The van der Waals surface area contributed by atoms with E-state index in [1.807, 2.05) is 41.8 Å². The first-order valence-electron chi connectivity index (χ1n) is 5.05. The van der Waals surface area contributed by atoms with Crippen molar-refractivity contribution in [1.82, 2.24) is 15.0 Å². The summed E-state index contributed by atoms with van der Waals surface area (Å²) < 4.78 is 0.566. The molecule has 0 unspecified atom stereocenters. The molecule has 5 nitrogen and oxygen atoms in total. The summed E-state index contributed by atoms with van der Waals surface area (Å²) >= 11 is 1.98. The topological polar surface area (TPSA) is 70.7 Å². The molecule has 0 aliphatic carbocycles. The van der Waals surface area contributed by atoms with E-state index in [9.17, 15) is 4.79 Å². The number of pyridine rings is 1. The molecule has 2 N–H and O–H groups in total. The number of aromatic nitrogens is 3. The number of hydrogen-bond acceptors (Lipinski definition) is 4. The van der Waals surface area contributed by atoms with Gasteiger partial charge in [-0.2, -0.15) is 0 Å². The van der Waals surface area contributed by atoms with Gasteiger partial charge in [0.15, 0.2) is 0 Å². The average Bonchev–Trinajstić information content (AvgIpc) is 2.33. The number of hydrogen-bond donors (Lipinski definition) is 2. The Bertz CT molecular complexity index is 582. The van der Waals surface area contributed by atoms with E-state index in [0.29, 0.717) is 15.9 Å². The molecule has 0 aliphatic heterocycles. The van der Waals surface area contributed by atoms with Gasteiger partial charge in [-0.15, -0.1) is 0 Å². The Hall–Kier alpha value is -1.44. The van der Waals surface area contributed by atoms with Crippen LogP contribution in [0.2, 0.25) is 0 Å². The maximum Gasteiger partial charge on any atom is 0.266 e. The summed E-state index contributed by atoms with van der Waals surface area (Å²) in [6, 6.07) is 1.95. The number of aromatic amines is 1. The number of H-pyrrole nitrogens is 1. The number of anilines is 1. The van der Waals surface area contributed by atoms with E-state index in [2.05, 4.69) is 20.3 Å². The minimum Gasteiger partial charge on any atom is -0.365 e. The molecule has 0 radical (unpaired) electrons. The van der Waals surface area contributed by atoms with Crippen LogP contribution in [0.5, 0.6) is 0 Å². The minimum atomic E-state index is -0.130. The normalized spacial score (nSPS) is 10.2. The van der Waals surface area contributed by atoms with Crippen molar-refractivity contribution in [3.63, 3.8) is 0 Å². The van der Waals surface area contributed by atoms with E-state index in [4.69, 9.17) is 0 Å². The lowest BCUT2D eigenvalue weighted by atomic mass is 10.1. The minimum absolute atomic E-state index is 0.130. The summed E-state index contributed by atoms with van der Waals surface area (Å²) in [5, 5.41) is 3.14. The summed E-state index contributed by atoms with van der Waals surface area (Å²) in [6.07, 6.45) is 4.96. The Morgan fingerprint density at radius 1 is 1.53 bits per heavy atom. The number of rotatable bonds is 3. The predicted octanol–water partition coefficient (Wildman–Crippen LogP) is 1.69. The van der Waals surface area contributed by atoms with Crippen LogP contribution in [0.15, 0.2) is 29.6 Å². The molecule has 2 heterocycles. The highest BCUT2D eigenvalue weighted by atomic mass is 127. The lowest BCUT2D eigenvalue weighted by Gasteiger charge is -2.08. The van der Waals surface area contributed by atoms with Gasteiger partial charge < -0.3 is 10.3 Å². The van der Waals surface area contributed by atoms with Crippen molar-refractivity contribution < 1.29 is 0 Å². The van der Waals surface area contributed by atoms with Gasteiger partial charge in [0.05, 0.1) is 6.33 Å². The monoisotopic (exact) mass is 342 g/mol.